The van der Waals surface area contributed by atoms with Crippen molar-refractivity contribution >= 4 is 11.6 Å². The van der Waals surface area contributed by atoms with Gasteiger partial charge in [0.1, 0.15) is 0 Å². The second-order valence-corrected chi connectivity index (χ2v) is 6.08. The number of aromatic nitrogens is 1. The van der Waals surface area contributed by atoms with Crippen LogP contribution in [-0.4, -0.2) is 30.1 Å². The molecule has 128 valence electrons. The van der Waals surface area contributed by atoms with Crippen LogP contribution in [0.1, 0.15) is 19.5 Å². The minimum atomic E-state index is 0.239. The summed E-state index contributed by atoms with van der Waals surface area (Å²) < 4.78 is 0. The molecule has 0 saturated carbocycles. The van der Waals surface area contributed by atoms with E-state index in [0.29, 0.717) is 18.4 Å². The van der Waals surface area contributed by atoms with Crippen LogP contribution in [0, 0.1) is 5.92 Å². The lowest BCUT2D eigenvalue weighted by atomic mass is 10.0. The van der Waals surface area contributed by atoms with E-state index in [1.54, 1.807) is 6.20 Å². The summed E-state index contributed by atoms with van der Waals surface area (Å²) in [6, 6.07) is 16.3. The Bertz CT molecular complexity index is 610. The molecular formula is C19H27N5. The maximum atomic E-state index is 5.97. The molecular weight excluding hydrogens is 298 g/mol. The summed E-state index contributed by atoms with van der Waals surface area (Å²) in [7, 11) is 0. The zero-order valence-electron chi connectivity index (χ0n) is 14.4. The van der Waals surface area contributed by atoms with Crippen molar-refractivity contribution in [2.75, 3.05) is 18.4 Å². The predicted octanol–water partition coefficient (Wildman–Crippen LogP) is 2.67. The van der Waals surface area contributed by atoms with Crippen LogP contribution in [-0.2, 0) is 6.42 Å². The van der Waals surface area contributed by atoms with Gasteiger partial charge in [-0.15, -0.1) is 0 Å². The fraction of sp³-hybridized carbons (Fsp3) is 0.368. The molecule has 2 aromatic rings. The molecule has 0 aliphatic rings. The number of anilines is 1. The first-order chi connectivity index (χ1) is 11.6. The van der Waals surface area contributed by atoms with Crippen LogP contribution >= 0.6 is 0 Å². The normalized spacial score (nSPS) is 12.9. The van der Waals surface area contributed by atoms with E-state index < -0.39 is 0 Å². The SMILES string of the molecule is CC(C)C(CN=C(N)NCCc1ccccn1)Nc1ccccc1. The van der Waals surface area contributed by atoms with Crippen molar-refractivity contribution in [3.8, 4) is 0 Å². The lowest BCUT2D eigenvalue weighted by molar-refractivity contribution is 0.531. The van der Waals surface area contributed by atoms with Crippen LogP contribution in [0.3, 0.4) is 0 Å². The summed E-state index contributed by atoms with van der Waals surface area (Å²) in [5, 5.41) is 6.66. The number of guanidine groups is 1. The van der Waals surface area contributed by atoms with Gasteiger partial charge in [-0.1, -0.05) is 38.1 Å². The van der Waals surface area contributed by atoms with E-state index in [1.165, 1.54) is 0 Å². The molecule has 24 heavy (non-hydrogen) atoms. The number of hydrogen-bond acceptors (Lipinski definition) is 3. The largest absolute Gasteiger partial charge is 0.380 e. The van der Waals surface area contributed by atoms with Crippen molar-refractivity contribution in [1.82, 2.24) is 10.3 Å². The second-order valence-electron chi connectivity index (χ2n) is 6.08. The highest BCUT2D eigenvalue weighted by Gasteiger charge is 2.12. The van der Waals surface area contributed by atoms with E-state index in [9.17, 15) is 0 Å². The van der Waals surface area contributed by atoms with Gasteiger partial charge in [-0.3, -0.25) is 9.98 Å². The van der Waals surface area contributed by atoms with Gasteiger partial charge in [0.2, 0.25) is 0 Å². The van der Waals surface area contributed by atoms with Crippen molar-refractivity contribution in [3.63, 3.8) is 0 Å². The second kappa shape index (κ2) is 9.55. The number of hydrogen-bond donors (Lipinski definition) is 3. The molecule has 5 heteroatoms. The monoisotopic (exact) mass is 325 g/mol. The van der Waals surface area contributed by atoms with E-state index in [2.05, 4.69) is 46.6 Å². The summed E-state index contributed by atoms with van der Waals surface area (Å²) in [6.45, 7) is 5.72. The third-order valence-corrected chi connectivity index (χ3v) is 3.80. The lowest BCUT2D eigenvalue weighted by Gasteiger charge is -2.22. The Morgan fingerprint density at radius 3 is 2.54 bits per heavy atom. The first-order valence-corrected chi connectivity index (χ1v) is 8.40. The summed E-state index contributed by atoms with van der Waals surface area (Å²) in [4.78, 5) is 8.76. The highest BCUT2D eigenvalue weighted by molar-refractivity contribution is 5.77. The first kappa shape index (κ1) is 17.8. The van der Waals surface area contributed by atoms with E-state index >= 15 is 0 Å². The Morgan fingerprint density at radius 1 is 1.12 bits per heavy atom. The number of nitrogens with two attached hydrogens (primary N) is 1. The minimum absolute atomic E-state index is 0.239. The van der Waals surface area contributed by atoms with Crippen molar-refractivity contribution in [1.29, 1.82) is 0 Å². The maximum Gasteiger partial charge on any atom is 0.188 e. The molecule has 0 bridgehead atoms. The van der Waals surface area contributed by atoms with E-state index in [-0.39, 0.29) is 6.04 Å². The number of rotatable bonds is 8. The molecule has 1 aromatic heterocycles. The van der Waals surface area contributed by atoms with Gasteiger partial charge < -0.3 is 16.4 Å². The molecule has 1 unspecified atom stereocenters. The van der Waals surface area contributed by atoms with Crippen LogP contribution in [0.4, 0.5) is 5.69 Å². The quantitative estimate of drug-likeness (QED) is 0.515. The highest BCUT2D eigenvalue weighted by Crippen LogP contribution is 2.12. The molecule has 2 rings (SSSR count). The standard InChI is InChI=1S/C19H27N5/c1-15(2)18(24-17-9-4-3-5-10-17)14-23-19(20)22-13-11-16-8-6-7-12-21-16/h3-10,12,15,18,24H,11,13-14H2,1-2H3,(H3,20,22,23). The molecule has 5 nitrogen and oxygen atoms in total. The van der Waals surface area contributed by atoms with Crippen molar-refractivity contribution in [2.45, 2.75) is 26.3 Å². The van der Waals surface area contributed by atoms with E-state index in [1.807, 2.05) is 36.4 Å². The number of para-hydroxylation sites is 1. The van der Waals surface area contributed by atoms with Crippen LogP contribution in [0.5, 0.6) is 0 Å². The third kappa shape index (κ3) is 6.28. The molecule has 0 saturated heterocycles. The lowest BCUT2D eigenvalue weighted by Crippen LogP contribution is -2.36. The van der Waals surface area contributed by atoms with Crippen molar-refractivity contribution < 1.29 is 0 Å². The molecule has 1 heterocycles. The van der Waals surface area contributed by atoms with Gasteiger partial charge in [0.15, 0.2) is 5.96 Å². The van der Waals surface area contributed by atoms with Gasteiger partial charge in [-0.05, 0) is 30.2 Å². The zero-order valence-corrected chi connectivity index (χ0v) is 14.4. The molecule has 0 aliphatic heterocycles. The van der Waals surface area contributed by atoms with Gasteiger partial charge in [-0.2, -0.15) is 0 Å². The summed E-state index contributed by atoms with van der Waals surface area (Å²) in [5.41, 5.74) is 8.12. The van der Waals surface area contributed by atoms with Crippen LogP contribution in [0.15, 0.2) is 59.7 Å². The van der Waals surface area contributed by atoms with Gasteiger partial charge in [0.25, 0.3) is 0 Å². The smallest absolute Gasteiger partial charge is 0.188 e. The number of pyridine rings is 1. The molecule has 0 fully saturated rings. The van der Waals surface area contributed by atoms with Crippen LogP contribution in [0.2, 0.25) is 0 Å². The number of benzene rings is 1. The highest BCUT2D eigenvalue weighted by atomic mass is 15.1. The average Bonchev–Trinajstić information content (AvgIpc) is 2.60. The van der Waals surface area contributed by atoms with Gasteiger partial charge in [0, 0.05) is 36.6 Å². The molecule has 0 aliphatic carbocycles. The maximum absolute atomic E-state index is 5.97. The van der Waals surface area contributed by atoms with Crippen LogP contribution in [0.25, 0.3) is 0 Å². The molecule has 1 atom stereocenters. The fourth-order valence-electron chi connectivity index (χ4n) is 2.29. The number of aliphatic imine (C=N–C) groups is 1. The van der Waals surface area contributed by atoms with Crippen molar-refractivity contribution in [3.05, 3.63) is 60.4 Å². The fourth-order valence-corrected chi connectivity index (χ4v) is 2.29. The number of nitrogens with one attached hydrogen (secondary N) is 2. The average molecular weight is 325 g/mol. The molecule has 0 amide bonds. The summed E-state index contributed by atoms with van der Waals surface area (Å²) in [5.74, 6) is 0.932. The topological polar surface area (TPSA) is 75.3 Å². The van der Waals surface area contributed by atoms with Gasteiger partial charge in [0.05, 0.1) is 6.54 Å². The third-order valence-electron chi connectivity index (χ3n) is 3.80. The Labute approximate surface area is 144 Å². The minimum Gasteiger partial charge on any atom is -0.380 e. The Hall–Kier alpha value is -2.56. The Balaban J connectivity index is 1.79. The van der Waals surface area contributed by atoms with Crippen molar-refractivity contribution in [2.24, 2.45) is 16.6 Å². The van der Waals surface area contributed by atoms with Crippen LogP contribution < -0.4 is 16.4 Å². The Kier molecular flexibility index (Phi) is 7.08. The van der Waals surface area contributed by atoms with Gasteiger partial charge >= 0.3 is 0 Å². The van der Waals surface area contributed by atoms with E-state index in [4.69, 9.17) is 5.73 Å². The summed E-state index contributed by atoms with van der Waals surface area (Å²) in [6.07, 6.45) is 2.63. The molecule has 0 radical (unpaired) electrons. The first-order valence-electron chi connectivity index (χ1n) is 8.40. The molecule has 0 spiro atoms. The summed E-state index contributed by atoms with van der Waals surface area (Å²) >= 11 is 0. The predicted molar refractivity (Wildman–Crippen MR) is 101 cm³/mol. The zero-order chi connectivity index (χ0) is 17.2. The Morgan fingerprint density at radius 2 is 1.88 bits per heavy atom. The van der Waals surface area contributed by atoms with Gasteiger partial charge in [-0.25, -0.2) is 0 Å². The molecule has 1 aromatic carbocycles. The molecule has 4 N–H and O–H groups in total. The number of nitrogens with zero attached hydrogens (tertiary/aromatic N) is 2. The van der Waals surface area contributed by atoms with E-state index in [0.717, 1.165) is 24.3 Å².